The van der Waals surface area contributed by atoms with Crippen molar-refractivity contribution in [2.24, 2.45) is 0 Å². The van der Waals surface area contributed by atoms with Crippen LogP contribution in [0.4, 0.5) is 0 Å². The van der Waals surface area contributed by atoms with Gasteiger partial charge in [-0.15, -0.1) is 18.3 Å². The zero-order chi connectivity index (χ0) is 9.73. The molecule has 74 valence electrons. The molecule has 0 bridgehead atoms. The minimum atomic E-state index is -0.179. The van der Waals surface area contributed by atoms with E-state index in [2.05, 4.69) is 6.58 Å². The molecule has 0 aromatic heterocycles. The Morgan fingerprint density at radius 2 is 2.15 bits per heavy atom. The summed E-state index contributed by atoms with van der Waals surface area (Å²) in [4.78, 5) is 10.3. The number of rotatable bonds is 5. The maximum Gasteiger partial charge on any atom is 0.218 e. The molecule has 1 saturated carbocycles. The van der Waals surface area contributed by atoms with Crippen molar-refractivity contribution in [1.82, 2.24) is 0 Å². The molecule has 0 amide bonds. The molecule has 0 spiro atoms. The van der Waals surface area contributed by atoms with Crippen LogP contribution in [0.1, 0.15) is 25.7 Å². The van der Waals surface area contributed by atoms with Gasteiger partial charge in [0.25, 0.3) is 0 Å². The van der Waals surface area contributed by atoms with Gasteiger partial charge in [-0.2, -0.15) is 0 Å². The molecule has 1 fully saturated rings. The Balaban J connectivity index is 2.51. The van der Waals surface area contributed by atoms with Gasteiger partial charge < -0.3 is 0 Å². The molecule has 0 saturated heterocycles. The molecule has 3 nitrogen and oxygen atoms in total. The molecule has 0 N–H and O–H groups in total. The van der Waals surface area contributed by atoms with Crippen LogP contribution in [0.15, 0.2) is 12.7 Å². The van der Waals surface area contributed by atoms with E-state index in [0.717, 1.165) is 31.4 Å². The molecule has 0 heterocycles. The van der Waals surface area contributed by atoms with E-state index < -0.39 is 0 Å². The number of hydrogen-bond acceptors (Lipinski definition) is 3. The van der Waals surface area contributed by atoms with Crippen molar-refractivity contribution in [3.8, 4) is 0 Å². The second kappa shape index (κ2) is 4.65. The van der Waals surface area contributed by atoms with E-state index in [0.29, 0.717) is 0 Å². The van der Waals surface area contributed by atoms with Crippen LogP contribution in [0.3, 0.4) is 0 Å². The highest BCUT2D eigenvalue weighted by Gasteiger charge is 2.38. The Labute approximate surface area is 82.7 Å². The lowest BCUT2D eigenvalue weighted by molar-refractivity contribution is -0.484. The van der Waals surface area contributed by atoms with Crippen LogP contribution in [-0.2, 0) is 0 Å². The van der Waals surface area contributed by atoms with Crippen LogP contribution < -0.4 is 0 Å². The average molecular weight is 201 g/mol. The lowest BCUT2D eigenvalue weighted by Gasteiger charge is -2.22. The summed E-state index contributed by atoms with van der Waals surface area (Å²) in [6, 6.07) is 0. The highest BCUT2D eigenvalue weighted by atomic mass is 32.2. The monoisotopic (exact) mass is 201 g/mol. The minimum absolute atomic E-state index is 0.0856. The summed E-state index contributed by atoms with van der Waals surface area (Å²) in [6.45, 7) is 3.76. The molecule has 0 aliphatic heterocycles. The van der Waals surface area contributed by atoms with Gasteiger partial charge in [0.15, 0.2) is 0 Å². The van der Waals surface area contributed by atoms with Gasteiger partial charge in [0.05, 0.1) is 4.75 Å². The standard InChI is InChI=1S/C9H15NO2S/c1-2-7-13-9(8-10(11)12)5-3-4-6-9/h2H,1,3-8H2. The quantitative estimate of drug-likeness (QED) is 0.390. The smallest absolute Gasteiger partial charge is 0.218 e. The molecule has 0 aromatic rings. The normalized spacial score (nSPS) is 20.0. The first-order valence-electron chi connectivity index (χ1n) is 4.55. The summed E-state index contributed by atoms with van der Waals surface area (Å²) in [5.41, 5.74) is 0. The van der Waals surface area contributed by atoms with Crippen LogP contribution in [0.2, 0.25) is 0 Å². The van der Waals surface area contributed by atoms with Gasteiger partial charge in [0.2, 0.25) is 6.54 Å². The van der Waals surface area contributed by atoms with E-state index in [9.17, 15) is 10.1 Å². The first-order valence-corrected chi connectivity index (χ1v) is 5.54. The van der Waals surface area contributed by atoms with Crippen molar-refractivity contribution < 1.29 is 4.92 Å². The summed E-state index contributed by atoms with van der Waals surface area (Å²) < 4.78 is -0.0856. The van der Waals surface area contributed by atoms with E-state index in [4.69, 9.17) is 0 Å². The largest absolute Gasteiger partial charge is 0.264 e. The van der Waals surface area contributed by atoms with Crippen LogP contribution >= 0.6 is 11.8 Å². The lowest BCUT2D eigenvalue weighted by Crippen LogP contribution is -2.30. The Bertz CT molecular complexity index is 200. The first kappa shape index (κ1) is 10.6. The molecule has 0 aromatic carbocycles. The molecule has 0 atom stereocenters. The molecule has 1 aliphatic carbocycles. The fourth-order valence-electron chi connectivity index (χ4n) is 1.84. The topological polar surface area (TPSA) is 43.1 Å². The van der Waals surface area contributed by atoms with Crippen LogP contribution in [0, 0.1) is 10.1 Å². The van der Waals surface area contributed by atoms with Crippen LogP contribution in [0.5, 0.6) is 0 Å². The highest BCUT2D eigenvalue weighted by Crippen LogP contribution is 2.41. The number of nitrogens with zero attached hydrogens (tertiary/aromatic N) is 1. The third kappa shape index (κ3) is 3.03. The van der Waals surface area contributed by atoms with Crippen molar-refractivity contribution >= 4 is 11.8 Å². The zero-order valence-corrected chi connectivity index (χ0v) is 8.52. The van der Waals surface area contributed by atoms with Gasteiger partial charge in [-0.1, -0.05) is 18.9 Å². The highest BCUT2D eigenvalue weighted by molar-refractivity contribution is 8.00. The van der Waals surface area contributed by atoms with Gasteiger partial charge in [0, 0.05) is 10.7 Å². The van der Waals surface area contributed by atoms with E-state index in [-0.39, 0.29) is 16.2 Å². The fraction of sp³-hybridized carbons (Fsp3) is 0.778. The Kier molecular flexibility index (Phi) is 3.78. The fourth-order valence-corrected chi connectivity index (χ4v) is 3.08. The van der Waals surface area contributed by atoms with Crippen molar-refractivity contribution in [1.29, 1.82) is 0 Å². The lowest BCUT2D eigenvalue weighted by atomic mass is 10.1. The maximum absolute atomic E-state index is 10.5. The first-order chi connectivity index (χ1) is 6.18. The van der Waals surface area contributed by atoms with Crippen LogP contribution in [0.25, 0.3) is 0 Å². The SMILES string of the molecule is C=CCSC1(C[N+](=O)[O-])CCCC1. The summed E-state index contributed by atoms with van der Waals surface area (Å²) in [5.74, 6) is 0.827. The third-order valence-electron chi connectivity index (χ3n) is 2.44. The van der Waals surface area contributed by atoms with E-state index in [1.807, 2.05) is 6.08 Å². The number of thioether (sulfide) groups is 1. The van der Waals surface area contributed by atoms with Gasteiger partial charge in [-0.3, -0.25) is 10.1 Å². The minimum Gasteiger partial charge on any atom is -0.264 e. The number of nitro groups is 1. The van der Waals surface area contributed by atoms with Gasteiger partial charge in [-0.05, 0) is 12.8 Å². The van der Waals surface area contributed by atoms with Crippen molar-refractivity contribution in [2.45, 2.75) is 30.4 Å². The van der Waals surface area contributed by atoms with Crippen molar-refractivity contribution in [3.63, 3.8) is 0 Å². The van der Waals surface area contributed by atoms with E-state index in [1.165, 1.54) is 0 Å². The third-order valence-corrected chi connectivity index (χ3v) is 3.99. The number of hydrogen-bond donors (Lipinski definition) is 0. The summed E-state index contributed by atoms with van der Waals surface area (Å²) in [7, 11) is 0. The molecular formula is C9H15NO2S. The van der Waals surface area contributed by atoms with Crippen molar-refractivity contribution in [3.05, 3.63) is 22.8 Å². The summed E-state index contributed by atoms with van der Waals surface area (Å²) in [6.07, 6.45) is 6.08. The van der Waals surface area contributed by atoms with E-state index in [1.54, 1.807) is 11.8 Å². The Morgan fingerprint density at radius 1 is 1.54 bits per heavy atom. The van der Waals surface area contributed by atoms with Gasteiger partial charge >= 0.3 is 0 Å². The average Bonchev–Trinajstić information content (AvgIpc) is 2.49. The molecule has 0 radical (unpaired) electrons. The predicted molar refractivity (Wildman–Crippen MR) is 55.7 cm³/mol. The second-order valence-corrected chi connectivity index (χ2v) is 4.97. The molecule has 1 rings (SSSR count). The van der Waals surface area contributed by atoms with E-state index >= 15 is 0 Å². The molecule has 0 unspecified atom stereocenters. The van der Waals surface area contributed by atoms with Gasteiger partial charge in [0.1, 0.15) is 0 Å². The summed E-state index contributed by atoms with van der Waals surface area (Å²) >= 11 is 1.70. The van der Waals surface area contributed by atoms with Crippen LogP contribution in [-0.4, -0.2) is 22.0 Å². The molecule has 1 aliphatic rings. The molecule has 4 heteroatoms. The maximum atomic E-state index is 10.5. The molecule has 13 heavy (non-hydrogen) atoms. The Morgan fingerprint density at radius 3 is 2.62 bits per heavy atom. The molecular weight excluding hydrogens is 186 g/mol. The predicted octanol–water partition coefficient (Wildman–Crippen LogP) is 2.50. The van der Waals surface area contributed by atoms with Gasteiger partial charge in [-0.25, -0.2) is 0 Å². The zero-order valence-electron chi connectivity index (χ0n) is 7.70. The Hall–Kier alpha value is -0.510. The van der Waals surface area contributed by atoms with Crippen molar-refractivity contribution in [2.75, 3.05) is 12.3 Å². The summed E-state index contributed by atoms with van der Waals surface area (Å²) in [5, 5.41) is 10.5. The second-order valence-electron chi connectivity index (χ2n) is 3.48.